The minimum absolute atomic E-state index is 0. The van der Waals surface area contributed by atoms with Crippen LogP contribution in [-0.2, 0) is 9.59 Å². The summed E-state index contributed by atoms with van der Waals surface area (Å²) in [5.41, 5.74) is 0. The summed E-state index contributed by atoms with van der Waals surface area (Å²) in [5, 5.41) is 0.685. The van der Waals surface area contributed by atoms with Crippen LogP contribution in [0.25, 0.3) is 0 Å². The van der Waals surface area contributed by atoms with E-state index in [1.807, 2.05) is 0 Å². The highest BCUT2D eigenvalue weighted by Gasteiger charge is 2.10. The third kappa shape index (κ3) is 26.5. The maximum atomic E-state index is 11.8. The first-order chi connectivity index (χ1) is 12.0. The van der Waals surface area contributed by atoms with Crippen LogP contribution < -0.4 is 24.8 Å². The molecular formula is C20H42Cl2N2O2S2. The first-order valence-electron chi connectivity index (χ1n) is 9.92. The van der Waals surface area contributed by atoms with Crippen LogP contribution in [0.4, 0.5) is 0 Å². The molecule has 0 N–H and O–H groups in total. The number of carbonyl (C=O) groups is 2. The van der Waals surface area contributed by atoms with Gasteiger partial charge in [0.25, 0.3) is 0 Å². The van der Waals surface area contributed by atoms with E-state index in [2.05, 4.69) is 42.3 Å². The molecule has 0 aliphatic rings. The van der Waals surface area contributed by atoms with Crippen molar-refractivity contribution in [2.75, 3.05) is 66.9 Å². The van der Waals surface area contributed by atoms with Gasteiger partial charge in [-0.05, 0) is 12.8 Å². The number of quaternary nitrogens is 2. The van der Waals surface area contributed by atoms with Crippen molar-refractivity contribution in [3.05, 3.63) is 0 Å². The molecule has 0 aliphatic carbocycles. The largest absolute Gasteiger partial charge is 1.00 e. The second-order valence-corrected chi connectivity index (χ2v) is 11.4. The molecule has 0 unspecified atom stereocenters. The Kier molecular flexibility index (Phi) is 21.7. The van der Waals surface area contributed by atoms with Gasteiger partial charge >= 0.3 is 0 Å². The molecule has 0 saturated carbocycles. The molecular weight excluding hydrogens is 435 g/mol. The molecule has 170 valence electrons. The Balaban J connectivity index is -0.00000312. The summed E-state index contributed by atoms with van der Waals surface area (Å²) in [7, 11) is 12.9. The molecule has 28 heavy (non-hydrogen) atoms. The van der Waals surface area contributed by atoms with Gasteiger partial charge in [-0.25, -0.2) is 0 Å². The van der Waals surface area contributed by atoms with Gasteiger partial charge in [-0.1, -0.05) is 49.2 Å². The van der Waals surface area contributed by atoms with Crippen LogP contribution in [0, 0.1) is 0 Å². The summed E-state index contributed by atoms with van der Waals surface area (Å²) >= 11 is 2.98. The number of hydrogen-bond donors (Lipinski definition) is 0. The lowest BCUT2D eigenvalue weighted by Crippen LogP contribution is -3.00. The fraction of sp³-hybridized carbons (Fsp3) is 0.900. The predicted molar refractivity (Wildman–Crippen MR) is 118 cm³/mol. The number of nitrogens with zero attached hydrogens (tertiary/aromatic N) is 2. The molecule has 0 atom stereocenters. The molecule has 0 fully saturated rings. The van der Waals surface area contributed by atoms with Gasteiger partial charge in [0.15, 0.2) is 10.2 Å². The normalized spacial score (nSPS) is 11.5. The topological polar surface area (TPSA) is 34.1 Å². The summed E-state index contributed by atoms with van der Waals surface area (Å²) < 4.78 is 1.83. The van der Waals surface area contributed by atoms with Crippen molar-refractivity contribution in [3.63, 3.8) is 0 Å². The lowest BCUT2D eigenvalue weighted by molar-refractivity contribution is -0.867. The van der Waals surface area contributed by atoms with Crippen LogP contribution in [0.5, 0.6) is 0 Å². The molecule has 0 rings (SSSR count). The van der Waals surface area contributed by atoms with Gasteiger partial charge in [0.05, 0.1) is 66.9 Å². The second kappa shape index (κ2) is 18.3. The Morgan fingerprint density at radius 3 is 1.14 bits per heavy atom. The maximum absolute atomic E-state index is 11.8. The van der Waals surface area contributed by atoms with Crippen molar-refractivity contribution >= 4 is 33.8 Å². The Labute approximate surface area is 194 Å². The van der Waals surface area contributed by atoms with E-state index in [-0.39, 0.29) is 24.8 Å². The van der Waals surface area contributed by atoms with Crippen LogP contribution >= 0.6 is 23.5 Å². The quantitative estimate of drug-likeness (QED) is 0.203. The van der Waals surface area contributed by atoms with Gasteiger partial charge in [0.2, 0.25) is 0 Å². The highest BCUT2D eigenvalue weighted by Crippen LogP contribution is 2.15. The molecule has 0 aromatic rings. The van der Waals surface area contributed by atoms with Crippen molar-refractivity contribution in [1.82, 2.24) is 0 Å². The number of rotatable bonds is 15. The minimum atomic E-state index is 0. The lowest BCUT2D eigenvalue weighted by atomic mass is 10.1. The van der Waals surface area contributed by atoms with Crippen LogP contribution in [-0.4, -0.2) is 86.1 Å². The van der Waals surface area contributed by atoms with Crippen molar-refractivity contribution in [3.8, 4) is 0 Å². The molecule has 0 amide bonds. The molecule has 8 heteroatoms. The smallest absolute Gasteiger partial charge is 0.189 e. The maximum Gasteiger partial charge on any atom is 0.189 e. The summed E-state index contributed by atoms with van der Waals surface area (Å²) in [6, 6.07) is 0. The van der Waals surface area contributed by atoms with Gasteiger partial charge in [-0.2, -0.15) is 0 Å². The molecule has 0 aromatic heterocycles. The second-order valence-electron chi connectivity index (χ2n) is 9.09. The van der Waals surface area contributed by atoms with Crippen LogP contribution in [0.15, 0.2) is 0 Å². The molecule has 0 bridgehead atoms. The standard InChI is InChI=1S/C20H42N2O2S2.2ClH/c1-21(2,3)15-17-25-19(23)13-11-9-7-8-10-12-14-20(24)26-18-16-22(4,5)6;;/h7-18H2,1-6H3;2*1H/q+2;;/p-2. The highest BCUT2D eigenvalue weighted by molar-refractivity contribution is 8.13. The Bertz CT molecular complexity index is 374. The summed E-state index contributed by atoms with van der Waals surface area (Å²) in [6.45, 7) is 2.06. The predicted octanol–water partition coefficient (Wildman–Crippen LogP) is -1.95. The van der Waals surface area contributed by atoms with Crippen molar-refractivity contribution in [2.45, 2.75) is 51.4 Å². The van der Waals surface area contributed by atoms with E-state index < -0.39 is 0 Å². The van der Waals surface area contributed by atoms with Gasteiger partial charge in [-0.3, -0.25) is 9.59 Å². The Morgan fingerprint density at radius 2 is 0.857 bits per heavy atom. The number of carbonyl (C=O) groups excluding carboxylic acids is 2. The molecule has 0 saturated heterocycles. The van der Waals surface area contributed by atoms with E-state index >= 15 is 0 Å². The molecule has 0 heterocycles. The minimum Gasteiger partial charge on any atom is -1.00 e. The first-order valence-corrected chi connectivity index (χ1v) is 11.9. The zero-order chi connectivity index (χ0) is 20.1. The number of unbranched alkanes of at least 4 members (excludes halogenated alkanes) is 5. The summed E-state index contributed by atoms with van der Waals surface area (Å²) in [6.07, 6.45) is 8.07. The first kappa shape index (κ1) is 33.2. The van der Waals surface area contributed by atoms with Crippen LogP contribution in [0.3, 0.4) is 0 Å². The average molecular weight is 478 g/mol. The molecule has 4 nitrogen and oxygen atoms in total. The third-order valence-electron chi connectivity index (χ3n) is 4.06. The van der Waals surface area contributed by atoms with Gasteiger partial charge in [-0.15, -0.1) is 0 Å². The van der Waals surface area contributed by atoms with E-state index in [1.54, 1.807) is 0 Å². The van der Waals surface area contributed by atoms with E-state index in [4.69, 9.17) is 0 Å². The van der Waals surface area contributed by atoms with Crippen molar-refractivity contribution in [2.24, 2.45) is 0 Å². The number of thioether (sulfide) groups is 2. The zero-order valence-electron chi connectivity index (χ0n) is 18.8. The van der Waals surface area contributed by atoms with E-state index in [0.717, 1.165) is 59.2 Å². The van der Waals surface area contributed by atoms with E-state index in [1.165, 1.54) is 36.4 Å². The van der Waals surface area contributed by atoms with Crippen LogP contribution in [0.2, 0.25) is 0 Å². The molecule has 0 aliphatic heterocycles. The number of hydrogen-bond acceptors (Lipinski definition) is 4. The fourth-order valence-electron chi connectivity index (χ4n) is 2.26. The lowest BCUT2D eigenvalue weighted by Gasteiger charge is -2.23. The van der Waals surface area contributed by atoms with Gasteiger partial charge < -0.3 is 33.8 Å². The number of halogens is 2. The van der Waals surface area contributed by atoms with Gasteiger partial charge in [0.1, 0.15) is 0 Å². The van der Waals surface area contributed by atoms with Gasteiger partial charge in [0, 0.05) is 12.8 Å². The average Bonchev–Trinajstić information content (AvgIpc) is 2.47. The monoisotopic (exact) mass is 476 g/mol. The van der Waals surface area contributed by atoms with E-state index in [9.17, 15) is 9.59 Å². The summed E-state index contributed by atoms with van der Waals surface area (Å²) in [5.74, 6) is 1.84. The Morgan fingerprint density at radius 1 is 0.571 bits per heavy atom. The molecule has 0 spiro atoms. The fourth-order valence-corrected chi connectivity index (χ4v) is 4.57. The SMILES string of the molecule is C[N+](C)(C)CCSC(=O)CCCCCCCCC(=O)SCC[N+](C)(C)C.[Cl-].[Cl-]. The summed E-state index contributed by atoms with van der Waals surface area (Å²) in [4.78, 5) is 23.6. The Hall–Kier alpha value is 0.540. The molecule has 0 radical (unpaired) electrons. The third-order valence-corrected chi connectivity index (χ3v) is 5.89. The molecule has 0 aromatic carbocycles. The van der Waals surface area contributed by atoms with Crippen molar-refractivity contribution < 1.29 is 43.4 Å². The zero-order valence-corrected chi connectivity index (χ0v) is 21.9. The highest BCUT2D eigenvalue weighted by atomic mass is 35.5. The van der Waals surface area contributed by atoms with Crippen LogP contribution in [0.1, 0.15) is 51.4 Å². The van der Waals surface area contributed by atoms with E-state index in [0.29, 0.717) is 23.1 Å². The van der Waals surface area contributed by atoms with Crippen molar-refractivity contribution in [1.29, 1.82) is 0 Å².